The average Bonchev–Trinajstić information content (AvgIpc) is 2.82. The first-order valence-electron chi connectivity index (χ1n) is 5.13. The number of thiophene rings is 1. The molecule has 0 atom stereocenters. The zero-order valence-electron chi connectivity index (χ0n) is 9.33. The third-order valence-electron chi connectivity index (χ3n) is 2.40. The molecule has 0 spiro atoms. The molecule has 2 heterocycles. The van der Waals surface area contributed by atoms with Gasteiger partial charge in [-0.25, -0.2) is 4.98 Å². The number of aryl methyl sites for hydroxylation is 1. The van der Waals surface area contributed by atoms with Gasteiger partial charge in [0.1, 0.15) is 5.82 Å². The number of hydrogen-bond acceptors (Lipinski definition) is 3. The van der Waals surface area contributed by atoms with Crippen molar-refractivity contribution in [3.63, 3.8) is 0 Å². The van der Waals surface area contributed by atoms with E-state index in [9.17, 15) is 0 Å². The quantitative estimate of drug-likeness (QED) is 0.941. The van der Waals surface area contributed by atoms with E-state index in [0.717, 1.165) is 28.3 Å². The Morgan fingerprint density at radius 1 is 1.50 bits per heavy atom. The van der Waals surface area contributed by atoms with Crippen molar-refractivity contribution in [2.24, 2.45) is 7.05 Å². The fraction of sp³-hybridized carbons (Fsp3) is 0.364. The van der Waals surface area contributed by atoms with Gasteiger partial charge >= 0.3 is 0 Å². The second-order valence-corrected chi connectivity index (χ2v) is 6.07. The molecule has 0 unspecified atom stereocenters. The Bertz CT molecular complexity index is 475. The van der Waals surface area contributed by atoms with Crippen LogP contribution in [0.5, 0.6) is 0 Å². The summed E-state index contributed by atoms with van der Waals surface area (Å²) in [4.78, 5) is 5.85. The van der Waals surface area contributed by atoms with Crippen molar-refractivity contribution in [2.45, 2.75) is 6.42 Å². The summed E-state index contributed by atoms with van der Waals surface area (Å²) in [5.74, 6) is 1.12. The molecule has 2 aromatic rings. The standard InChI is InChI=1S/C11H14BrN3S/c1-13-6-5-11-14-8(7-15(11)2)9-3-4-10(12)16-9/h3-4,7,13H,5-6H2,1-2H3. The summed E-state index contributed by atoms with van der Waals surface area (Å²) in [6.07, 6.45) is 3.04. The van der Waals surface area contributed by atoms with Crippen LogP contribution in [0.1, 0.15) is 5.82 Å². The summed E-state index contributed by atoms with van der Waals surface area (Å²) in [6, 6.07) is 4.15. The molecule has 0 saturated heterocycles. The SMILES string of the molecule is CNCCc1nc(-c2ccc(Br)s2)cn1C. The van der Waals surface area contributed by atoms with E-state index in [1.807, 2.05) is 14.1 Å². The topological polar surface area (TPSA) is 29.9 Å². The van der Waals surface area contributed by atoms with E-state index in [1.54, 1.807) is 11.3 Å². The van der Waals surface area contributed by atoms with Gasteiger partial charge in [0, 0.05) is 26.2 Å². The van der Waals surface area contributed by atoms with E-state index >= 15 is 0 Å². The molecule has 0 saturated carbocycles. The van der Waals surface area contributed by atoms with Crippen LogP contribution in [-0.4, -0.2) is 23.1 Å². The van der Waals surface area contributed by atoms with E-state index in [0.29, 0.717) is 0 Å². The normalized spacial score (nSPS) is 10.9. The molecule has 2 rings (SSSR count). The minimum absolute atomic E-state index is 0.957. The molecule has 0 aliphatic heterocycles. The molecule has 3 nitrogen and oxygen atoms in total. The van der Waals surface area contributed by atoms with E-state index in [-0.39, 0.29) is 0 Å². The third-order valence-corrected chi connectivity index (χ3v) is 4.04. The highest BCUT2D eigenvalue weighted by atomic mass is 79.9. The number of nitrogens with zero attached hydrogens (tertiary/aromatic N) is 2. The summed E-state index contributed by atoms with van der Waals surface area (Å²) in [7, 11) is 4.00. The monoisotopic (exact) mass is 299 g/mol. The van der Waals surface area contributed by atoms with Crippen LogP contribution in [0, 0.1) is 0 Å². The van der Waals surface area contributed by atoms with Crippen LogP contribution in [0.2, 0.25) is 0 Å². The maximum absolute atomic E-state index is 4.64. The van der Waals surface area contributed by atoms with Gasteiger partial charge in [-0.2, -0.15) is 0 Å². The maximum atomic E-state index is 4.64. The highest BCUT2D eigenvalue weighted by molar-refractivity contribution is 9.11. The van der Waals surface area contributed by atoms with Crippen molar-refractivity contribution in [1.82, 2.24) is 14.9 Å². The number of rotatable bonds is 4. The molecule has 86 valence electrons. The summed E-state index contributed by atoms with van der Waals surface area (Å²) >= 11 is 5.18. The van der Waals surface area contributed by atoms with Gasteiger partial charge in [0.25, 0.3) is 0 Å². The lowest BCUT2D eigenvalue weighted by Gasteiger charge is -1.99. The van der Waals surface area contributed by atoms with Crippen molar-refractivity contribution < 1.29 is 0 Å². The molecule has 0 radical (unpaired) electrons. The van der Waals surface area contributed by atoms with Gasteiger partial charge in [-0.15, -0.1) is 11.3 Å². The van der Waals surface area contributed by atoms with Crippen molar-refractivity contribution in [1.29, 1.82) is 0 Å². The molecule has 0 aliphatic carbocycles. The molecule has 0 bridgehead atoms. The van der Waals surface area contributed by atoms with Gasteiger partial charge in [-0.1, -0.05) is 0 Å². The van der Waals surface area contributed by atoms with Crippen LogP contribution in [-0.2, 0) is 13.5 Å². The maximum Gasteiger partial charge on any atom is 0.110 e. The number of nitrogens with one attached hydrogen (secondary N) is 1. The Morgan fingerprint density at radius 2 is 2.31 bits per heavy atom. The lowest BCUT2D eigenvalue weighted by atomic mass is 10.4. The highest BCUT2D eigenvalue weighted by Crippen LogP contribution is 2.30. The van der Waals surface area contributed by atoms with Gasteiger partial charge in [0.15, 0.2) is 0 Å². The number of imidazole rings is 1. The molecule has 0 fully saturated rings. The van der Waals surface area contributed by atoms with Crippen LogP contribution in [0.3, 0.4) is 0 Å². The fourth-order valence-electron chi connectivity index (χ4n) is 1.54. The Balaban J connectivity index is 2.23. The summed E-state index contributed by atoms with van der Waals surface area (Å²) in [5, 5.41) is 3.14. The predicted octanol–water partition coefficient (Wildman–Crippen LogP) is 2.67. The smallest absolute Gasteiger partial charge is 0.110 e. The molecule has 0 amide bonds. The first kappa shape index (κ1) is 11.8. The highest BCUT2D eigenvalue weighted by Gasteiger charge is 2.08. The lowest BCUT2D eigenvalue weighted by molar-refractivity contribution is 0.718. The van der Waals surface area contributed by atoms with Crippen LogP contribution in [0.4, 0.5) is 0 Å². The summed E-state index contributed by atoms with van der Waals surface area (Å²) in [6.45, 7) is 0.957. The second-order valence-electron chi connectivity index (χ2n) is 3.61. The zero-order chi connectivity index (χ0) is 11.5. The average molecular weight is 300 g/mol. The molecule has 5 heteroatoms. The van der Waals surface area contributed by atoms with E-state index in [1.165, 1.54) is 4.88 Å². The van der Waals surface area contributed by atoms with Crippen molar-refractivity contribution >= 4 is 27.3 Å². The summed E-state index contributed by atoms with van der Waals surface area (Å²) < 4.78 is 3.24. The molecular formula is C11H14BrN3S. The first-order chi connectivity index (χ1) is 7.70. The second kappa shape index (κ2) is 5.12. The van der Waals surface area contributed by atoms with Crippen LogP contribution < -0.4 is 5.32 Å². The predicted molar refractivity (Wildman–Crippen MR) is 71.9 cm³/mol. The van der Waals surface area contributed by atoms with Gasteiger partial charge < -0.3 is 9.88 Å². The van der Waals surface area contributed by atoms with E-state index < -0.39 is 0 Å². The van der Waals surface area contributed by atoms with Crippen molar-refractivity contribution in [3.05, 3.63) is 27.9 Å². The Kier molecular flexibility index (Phi) is 3.78. The number of hydrogen-bond donors (Lipinski definition) is 1. The minimum Gasteiger partial charge on any atom is -0.337 e. The van der Waals surface area contributed by atoms with Crippen molar-refractivity contribution in [2.75, 3.05) is 13.6 Å². The third kappa shape index (κ3) is 2.53. The Morgan fingerprint density at radius 3 is 2.94 bits per heavy atom. The number of likely N-dealkylation sites (N-methyl/N-ethyl adjacent to an activating group) is 1. The molecule has 1 N–H and O–H groups in total. The number of halogens is 1. The Hall–Kier alpha value is -0.650. The largest absolute Gasteiger partial charge is 0.337 e. The lowest BCUT2D eigenvalue weighted by Crippen LogP contribution is -2.12. The van der Waals surface area contributed by atoms with E-state index in [4.69, 9.17) is 0 Å². The van der Waals surface area contributed by atoms with Crippen molar-refractivity contribution in [3.8, 4) is 10.6 Å². The fourth-order valence-corrected chi connectivity index (χ4v) is 2.88. The van der Waals surface area contributed by atoms with Gasteiger partial charge in [-0.05, 0) is 35.1 Å². The number of aromatic nitrogens is 2. The van der Waals surface area contributed by atoms with Crippen LogP contribution in [0.25, 0.3) is 10.6 Å². The summed E-state index contributed by atoms with van der Waals surface area (Å²) in [5.41, 5.74) is 1.06. The molecule has 0 aliphatic rings. The van der Waals surface area contributed by atoms with E-state index in [2.05, 4.69) is 49.1 Å². The van der Waals surface area contributed by atoms with Gasteiger partial charge in [0.2, 0.25) is 0 Å². The first-order valence-corrected chi connectivity index (χ1v) is 6.74. The molecule has 2 aromatic heterocycles. The van der Waals surface area contributed by atoms with Crippen LogP contribution >= 0.6 is 27.3 Å². The Labute approximate surface area is 108 Å². The van der Waals surface area contributed by atoms with Gasteiger partial charge in [0.05, 0.1) is 14.4 Å². The minimum atomic E-state index is 0.957. The molecule has 16 heavy (non-hydrogen) atoms. The van der Waals surface area contributed by atoms with Crippen LogP contribution in [0.15, 0.2) is 22.1 Å². The van der Waals surface area contributed by atoms with Gasteiger partial charge in [-0.3, -0.25) is 0 Å². The molecule has 0 aromatic carbocycles. The molecular weight excluding hydrogens is 286 g/mol. The zero-order valence-corrected chi connectivity index (χ0v) is 11.7.